The predicted molar refractivity (Wildman–Crippen MR) is 238 cm³/mol. The third-order valence-electron chi connectivity index (χ3n) is 9.31. The van der Waals surface area contributed by atoms with Gasteiger partial charge in [0.05, 0.1) is 67.4 Å². The Morgan fingerprint density at radius 1 is 0.524 bits per heavy atom. The second-order valence-electron chi connectivity index (χ2n) is 14.5. The van der Waals surface area contributed by atoms with Crippen LogP contribution in [-0.4, -0.2) is 108 Å². The third-order valence-corrected chi connectivity index (χ3v) is 10.5. The Balaban J connectivity index is 0.000000630. The third kappa shape index (κ3) is 29.5. The Hall–Kier alpha value is -4.52. The first-order valence-corrected chi connectivity index (χ1v) is 24.8. The van der Waals surface area contributed by atoms with Crippen LogP contribution in [0.4, 0.5) is 0 Å². The van der Waals surface area contributed by atoms with E-state index in [4.69, 9.17) is 22.6 Å². The molecule has 18 heteroatoms. The van der Waals surface area contributed by atoms with Crippen molar-refractivity contribution < 1.29 is 72.8 Å². The van der Waals surface area contributed by atoms with E-state index >= 15 is 0 Å². The first-order valence-electron chi connectivity index (χ1n) is 21.2. The fraction of sp³-hybridized carbons (Fsp3) is 0.600. The van der Waals surface area contributed by atoms with Crippen molar-refractivity contribution in [3.8, 4) is 11.5 Å². The Bertz CT molecular complexity index is 1910. The summed E-state index contributed by atoms with van der Waals surface area (Å²) < 4.78 is 83.7. The summed E-state index contributed by atoms with van der Waals surface area (Å²) >= 11 is 0. The fourth-order valence-corrected chi connectivity index (χ4v) is 6.83. The highest BCUT2D eigenvalue weighted by Gasteiger charge is 2.13. The fourth-order valence-electron chi connectivity index (χ4n) is 5.99. The van der Waals surface area contributed by atoms with Gasteiger partial charge in [0.2, 0.25) is 0 Å². The number of hydrogen-bond acceptors (Lipinski definition) is 16. The second kappa shape index (κ2) is 33.1. The maximum atomic E-state index is 11.7. The zero-order chi connectivity index (χ0) is 46.9. The van der Waals surface area contributed by atoms with E-state index in [1.165, 1.54) is 34.5 Å². The van der Waals surface area contributed by atoms with Gasteiger partial charge in [0.25, 0.3) is 20.2 Å². The standard InChI is InChI=1S/C23H36O8S.C22H32O8S/c1-28-22(24)14-7-9-17-30-21-13-10-12-19(20(21)15-16-23(25)29-2)11-6-4-5-8-18-31-32(3,26)27;1-27-21(23)10-8-15-29-20-13-11-18(19(17-20)12-14-22(24)28-2)9-6-4-5-7-16-30-31(3,25)26/h10,12-13H,4-9,11,14-18H2,1-3H3;11-14,17H,4-10,15-16H2,1-3H3. The van der Waals surface area contributed by atoms with Crippen molar-refractivity contribution in [3.05, 3.63) is 64.7 Å². The summed E-state index contributed by atoms with van der Waals surface area (Å²) in [7, 11) is -1.33. The molecule has 0 aliphatic rings. The molecule has 0 heterocycles. The van der Waals surface area contributed by atoms with Crippen LogP contribution >= 0.6 is 0 Å². The van der Waals surface area contributed by atoms with E-state index in [1.807, 2.05) is 36.4 Å². The van der Waals surface area contributed by atoms with E-state index < -0.39 is 26.2 Å². The lowest BCUT2D eigenvalue weighted by Gasteiger charge is -2.16. The molecule has 2 aromatic rings. The molecule has 0 radical (unpaired) electrons. The van der Waals surface area contributed by atoms with E-state index in [9.17, 15) is 36.0 Å². The van der Waals surface area contributed by atoms with Crippen molar-refractivity contribution in [2.75, 3.05) is 67.4 Å². The molecule has 16 nitrogen and oxygen atoms in total. The van der Waals surface area contributed by atoms with Crippen LogP contribution in [0.25, 0.3) is 6.08 Å². The highest BCUT2D eigenvalue weighted by atomic mass is 32.2. The van der Waals surface area contributed by atoms with Gasteiger partial charge in [0, 0.05) is 25.3 Å². The van der Waals surface area contributed by atoms with Gasteiger partial charge in [-0.2, -0.15) is 16.8 Å². The van der Waals surface area contributed by atoms with Crippen LogP contribution < -0.4 is 9.47 Å². The van der Waals surface area contributed by atoms with Gasteiger partial charge < -0.3 is 28.4 Å². The van der Waals surface area contributed by atoms with Gasteiger partial charge in [-0.05, 0) is 111 Å². The summed E-state index contributed by atoms with van der Waals surface area (Å²) in [6.45, 7) is 1.27. The average molecular weight is 929 g/mol. The largest absolute Gasteiger partial charge is 0.494 e. The molecule has 0 unspecified atom stereocenters. The van der Waals surface area contributed by atoms with Gasteiger partial charge in [-0.1, -0.05) is 43.9 Å². The van der Waals surface area contributed by atoms with Crippen molar-refractivity contribution in [1.29, 1.82) is 0 Å². The molecule has 356 valence electrons. The van der Waals surface area contributed by atoms with E-state index in [2.05, 4.69) is 14.2 Å². The minimum Gasteiger partial charge on any atom is -0.494 e. The number of ether oxygens (including phenoxy) is 6. The number of carbonyl (C=O) groups is 4. The van der Waals surface area contributed by atoms with Gasteiger partial charge in [0.1, 0.15) is 11.5 Å². The molecule has 2 rings (SSSR count). The summed E-state index contributed by atoms with van der Waals surface area (Å²) in [6.07, 6.45) is 17.1. The summed E-state index contributed by atoms with van der Waals surface area (Å²) in [6, 6.07) is 11.6. The molecular formula is C45H68O16S2. The number of unbranched alkanes of at least 4 members (excludes halogenated alkanes) is 7. The number of hydrogen-bond donors (Lipinski definition) is 0. The Morgan fingerprint density at radius 3 is 1.62 bits per heavy atom. The normalized spacial score (nSPS) is 11.3. The lowest BCUT2D eigenvalue weighted by Crippen LogP contribution is -2.08. The molecule has 2 aromatic carbocycles. The van der Waals surface area contributed by atoms with Crippen LogP contribution in [0.15, 0.2) is 42.5 Å². The number of rotatable bonds is 32. The minimum absolute atomic E-state index is 0.202. The highest BCUT2D eigenvalue weighted by Crippen LogP contribution is 2.27. The molecule has 0 fully saturated rings. The van der Waals surface area contributed by atoms with Crippen molar-refractivity contribution >= 4 is 50.2 Å². The molecule has 0 saturated carbocycles. The molecule has 0 aliphatic carbocycles. The lowest BCUT2D eigenvalue weighted by atomic mass is 9.97. The summed E-state index contributed by atoms with van der Waals surface area (Å²) in [5, 5.41) is 0. The van der Waals surface area contributed by atoms with E-state index in [1.54, 1.807) is 6.08 Å². The van der Waals surface area contributed by atoms with Crippen LogP contribution in [0, 0.1) is 0 Å². The molecule has 0 bridgehead atoms. The van der Waals surface area contributed by atoms with Crippen LogP contribution in [0.5, 0.6) is 11.5 Å². The number of carbonyl (C=O) groups excluding carboxylic acids is 4. The summed E-state index contributed by atoms with van der Waals surface area (Å²) in [5.41, 5.74) is 4.06. The minimum atomic E-state index is -3.38. The average Bonchev–Trinajstić information content (AvgIpc) is 3.25. The maximum Gasteiger partial charge on any atom is 0.330 e. The Labute approximate surface area is 374 Å². The number of benzene rings is 2. The maximum absolute atomic E-state index is 11.7. The first kappa shape index (κ1) is 56.5. The second-order valence-corrected chi connectivity index (χ2v) is 17.8. The molecule has 0 aromatic heterocycles. The van der Waals surface area contributed by atoms with Crippen molar-refractivity contribution in [1.82, 2.24) is 0 Å². The monoisotopic (exact) mass is 928 g/mol. The van der Waals surface area contributed by atoms with Crippen LogP contribution in [0.3, 0.4) is 0 Å². The summed E-state index contributed by atoms with van der Waals surface area (Å²) in [5.74, 6) is 0.190. The molecule has 0 atom stereocenters. The topological polar surface area (TPSA) is 210 Å². The zero-order valence-electron chi connectivity index (χ0n) is 37.8. The van der Waals surface area contributed by atoms with Crippen molar-refractivity contribution in [3.63, 3.8) is 0 Å². The molecular weight excluding hydrogens is 861 g/mol. The van der Waals surface area contributed by atoms with Gasteiger partial charge in [-0.3, -0.25) is 22.7 Å². The van der Waals surface area contributed by atoms with Gasteiger partial charge in [-0.25, -0.2) is 4.79 Å². The van der Waals surface area contributed by atoms with Crippen LogP contribution in [-0.2, 0) is 86.0 Å². The predicted octanol–water partition coefficient (Wildman–Crippen LogP) is 6.88. The van der Waals surface area contributed by atoms with E-state index in [0.717, 1.165) is 98.3 Å². The summed E-state index contributed by atoms with van der Waals surface area (Å²) in [4.78, 5) is 45.5. The van der Waals surface area contributed by atoms with Gasteiger partial charge in [-0.15, -0.1) is 0 Å². The molecule has 0 saturated heterocycles. The zero-order valence-corrected chi connectivity index (χ0v) is 39.4. The number of methoxy groups -OCH3 is 4. The van der Waals surface area contributed by atoms with Crippen molar-refractivity contribution in [2.24, 2.45) is 0 Å². The number of esters is 4. The van der Waals surface area contributed by atoms with Crippen LogP contribution in [0.1, 0.15) is 112 Å². The van der Waals surface area contributed by atoms with Gasteiger partial charge in [0.15, 0.2) is 0 Å². The highest BCUT2D eigenvalue weighted by molar-refractivity contribution is 7.86. The number of aryl methyl sites for hydroxylation is 2. The van der Waals surface area contributed by atoms with Crippen molar-refractivity contribution in [2.45, 2.75) is 109 Å². The molecule has 0 N–H and O–H groups in total. The molecule has 0 aliphatic heterocycles. The Kier molecular flexibility index (Phi) is 29.6. The van der Waals surface area contributed by atoms with E-state index in [-0.39, 0.29) is 37.5 Å². The quantitative estimate of drug-likeness (QED) is 0.0241. The SMILES string of the molecule is COC(=O)C=Cc1cc(OCCCC(=O)OC)ccc1CCCCCCOS(C)(=O)=O.COC(=O)CCCCOc1cccc(CCCCCCOS(C)(=O)=O)c1CCC(=O)OC. The van der Waals surface area contributed by atoms with Gasteiger partial charge >= 0.3 is 23.9 Å². The smallest absolute Gasteiger partial charge is 0.330 e. The molecule has 0 spiro atoms. The molecule has 63 heavy (non-hydrogen) atoms. The van der Waals surface area contributed by atoms with E-state index in [0.29, 0.717) is 63.9 Å². The first-order chi connectivity index (χ1) is 30.0. The Morgan fingerprint density at radius 2 is 1.05 bits per heavy atom. The molecule has 0 amide bonds. The van der Waals surface area contributed by atoms with Crippen LogP contribution in [0.2, 0.25) is 0 Å². The lowest BCUT2D eigenvalue weighted by molar-refractivity contribution is -0.141.